The lowest BCUT2D eigenvalue weighted by Gasteiger charge is -2.23. The Morgan fingerprint density at radius 1 is 1.61 bits per heavy atom. The lowest BCUT2D eigenvalue weighted by molar-refractivity contribution is 0.0733. The van der Waals surface area contributed by atoms with Crippen LogP contribution in [0.15, 0.2) is 23.7 Å². The molecule has 1 unspecified atom stereocenters. The third-order valence-corrected chi connectivity index (χ3v) is 4.24. The van der Waals surface area contributed by atoms with E-state index < -0.39 is 0 Å². The largest absolute Gasteiger partial charge is 0.396 e. The molecule has 3 rings (SSSR count). The second-order valence-corrected chi connectivity index (χ2v) is 5.35. The molecular weight excluding hydrogens is 248 g/mol. The first-order valence-electron chi connectivity index (χ1n) is 5.90. The number of H-pyrrole nitrogens is 1. The van der Waals surface area contributed by atoms with Gasteiger partial charge in [0.05, 0.1) is 17.9 Å². The van der Waals surface area contributed by atoms with E-state index in [1.807, 2.05) is 16.3 Å². The molecule has 0 aromatic carbocycles. The van der Waals surface area contributed by atoms with E-state index in [9.17, 15) is 4.79 Å². The molecule has 94 valence electrons. The molecule has 0 bridgehead atoms. The number of hydrogen-bond donors (Lipinski definition) is 2. The molecule has 0 saturated carbocycles. The average Bonchev–Trinajstić information content (AvgIpc) is 3.09. The first kappa shape index (κ1) is 11.3. The van der Waals surface area contributed by atoms with E-state index in [2.05, 4.69) is 16.3 Å². The summed E-state index contributed by atoms with van der Waals surface area (Å²) in [7, 11) is 0. The van der Waals surface area contributed by atoms with Crippen molar-refractivity contribution in [2.24, 2.45) is 0 Å². The number of carbonyl (C=O) groups excluding carboxylic acids is 1. The van der Waals surface area contributed by atoms with Gasteiger partial charge >= 0.3 is 0 Å². The number of carbonyl (C=O) groups is 1. The molecule has 6 heteroatoms. The summed E-state index contributed by atoms with van der Waals surface area (Å²) >= 11 is 1.69. The quantitative estimate of drug-likeness (QED) is 0.869. The molecule has 1 amide bonds. The van der Waals surface area contributed by atoms with Crippen molar-refractivity contribution < 1.29 is 4.79 Å². The van der Waals surface area contributed by atoms with E-state index in [1.165, 1.54) is 11.1 Å². The Balaban J connectivity index is 1.88. The Bertz CT molecular complexity index is 548. The Morgan fingerprint density at radius 2 is 2.50 bits per heavy atom. The van der Waals surface area contributed by atoms with Crippen LogP contribution in [0.2, 0.25) is 0 Å². The maximum atomic E-state index is 12.4. The summed E-state index contributed by atoms with van der Waals surface area (Å²) in [5.41, 5.74) is 6.55. The number of rotatable bonds is 2. The van der Waals surface area contributed by atoms with E-state index in [1.54, 1.807) is 11.3 Å². The van der Waals surface area contributed by atoms with Gasteiger partial charge in [0.25, 0.3) is 5.91 Å². The minimum atomic E-state index is -0.0547. The van der Waals surface area contributed by atoms with Crippen molar-refractivity contribution in [3.05, 3.63) is 34.3 Å². The fourth-order valence-electron chi connectivity index (χ4n) is 2.40. The molecule has 0 aliphatic carbocycles. The Labute approximate surface area is 109 Å². The van der Waals surface area contributed by atoms with Crippen LogP contribution >= 0.6 is 11.3 Å². The molecule has 1 aliphatic heterocycles. The summed E-state index contributed by atoms with van der Waals surface area (Å²) in [6.07, 6.45) is 3.52. The zero-order valence-corrected chi connectivity index (χ0v) is 10.6. The molecule has 18 heavy (non-hydrogen) atoms. The summed E-state index contributed by atoms with van der Waals surface area (Å²) in [6, 6.07) is 4.28. The van der Waals surface area contributed by atoms with Gasteiger partial charge in [-0.15, -0.1) is 11.3 Å². The number of hydrogen-bond acceptors (Lipinski definition) is 4. The first-order chi connectivity index (χ1) is 8.77. The first-order valence-corrected chi connectivity index (χ1v) is 6.78. The minimum Gasteiger partial charge on any atom is -0.396 e. The van der Waals surface area contributed by atoms with Gasteiger partial charge in [0.2, 0.25) is 0 Å². The lowest BCUT2D eigenvalue weighted by atomic mass is 10.2. The molecule has 1 atom stereocenters. The number of amides is 1. The maximum Gasteiger partial charge on any atom is 0.274 e. The molecule has 2 aromatic heterocycles. The highest BCUT2D eigenvalue weighted by Gasteiger charge is 2.32. The van der Waals surface area contributed by atoms with Crippen molar-refractivity contribution in [1.82, 2.24) is 15.1 Å². The summed E-state index contributed by atoms with van der Waals surface area (Å²) in [5, 5.41) is 8.53. The van der Waals surface area contributed by atoms with Crippen molar-refractivity contribution in [3.63, 3.8) is 0 Å². The van der Waals surface area contributed by atoms with Gasteiger partial charge in [-0.05, 0) is 24.3 Å². The molecule has 5 nitrogen and oxygen atoms in total. The van der Waals surface area contributed by atoms with Crippen LogP contribution in [-0.2, 0) is 0 Å². The third-order valence-electron chi connectivity index (χ3n) is 3.27. The van der Waals surface area contributed by atoms with Gasteiger partial charge in [-0.25, -0.2) is 0 Å². The van der Waals surface area contributed by atoms with E-state index in [4.69, 9.17) is 5.73 Å². The number of nitrogens with zero attached hydrogens (tertiary/aromatic N) is 2. The van der Waals surface area contributed by atoms with E-state index in [0.29, 0.717) is 11.4 Å². The van der Waals surface area contributed by atoms with Crippen molar-refractivity contribution in [3.8, 4) is 0 Å². The number of anilines is 1. The van der Waals surface area contributed by atoms with Crippen LogP contribution in [-0.4, -0.2) is 27.5 Å². The van der Waals surface area contributed by atoms with Crippen LogP contribution in [0.3, 0.4) is 0 Å². The summed E-state index contributed by atoms with van der Waals surface area (Å²) in [4.78, 5) is 15.5. The van der Waals surface area contributed by atoms with Crippen LogP contribution in [0.25, 0.3) is 0 Å². The van der Waals surface area contributed by atoms with Crippen molar-refractivity contribution in [2.75, 3.05) is 12.3 Å². The van der Waals surface area contributed by atoms with Gasteiger partial charge in [0, 0.05) is 11.4 Å². The van der Waals surface area contributed by atoms with Crippen LogP contribution in [0.4, 0.5) is 5.69 Å². The minimum absolute atomic E-state index is 0.0547. The van der Waals surface area contributed by atoms with Crippen molar-refractivity contribution in [2.45, 2.75) is 18.9 Å². The summed E-state index contributed by atoms with van der Waals surface area (Å²) in [5.74, 6) is -0.0547. The number of aromatic nitrogens is 2. The number of aromatic amines is 1. The van der Waals surface area contributed by atoms with Crippen LogP contribution in [0, 0.1) is 0 Å². The predicted octanol–water partition coefficient (Wildman–Crippen LogP) is 2.03. The van der Waals surface area contributed by atoms with Gasteiger partial charge in [-0.3, -0.25) is 9.89 Å². The Kier molecular flexibility index (Phi) is 2.79. The monoisotopic (exact) mass is 262 g/mol. The van der Waals surface area contributed by atoms with Crippen LogP contribution in [0.1, 0.15) is 34.2 Å². The standard InChI is InChI=1S/C12H14N4OS/c13-8-7-14-15-11(8)12(17)16-5-1-3-9(16)10-4-2-6-18-10/h2,4,6-7,9H,1,3,5,13H2,(H,14,15). The summed E-state index contributed by atoms with van der Waals surface area (Å²) < 4.78 is 0. The van der Waals surface area contributed by atoms with Gasteiger partial charge in [0.1, 0.15) is 5.69 Å². The molecule has 0 radical (unpaired) electrons. The fourth-order valence-corrected chi connectivity index (χ4v) is 3.27. The van der Waals surface area contributed by atoms with Crippen LogP contribution < -0.4 is 5.73 Å². The maximum absolute atomic E-state index is 12.4. The topological polar surface area (TPSA) is 75.0 Å². The zero-order chi connectivity index (χ0) is 12.5. The van der Waals surface area contributed by atoms with Crippen molar-refractivity contribution >= 4 is 22.9 Å². The fraction of sp³-hybridized carbons (Fsp3) is 0.333. The molecular formula is C12H14N4OS. The smallest absolute Gasteiger partial charge is 0.274 e. The second-order valence-electron chi connectivity index (χ2n) is 4.37. The van der Waals surface area contributed by atoms with Gasteiger partial charge in [-0.2, -0.15) is 5.10 Å². The summed E-state index contributed by atoms with van der Waals surface area (Å²) in [6.45, 7) is 0.778. The van der Waals surface area contributed by atoms with Gasteiger partial charge in [-0.1, -0.05) is 6.07 Å². The number of nitrogen functional groups attached to an aromatic ring is 1. The SMILES string of the molecule is Nc1cn[nH]c1C(=O)N1CCCC1c1cccs1. The third kappa shape index (κ3) is 1.78. The number of nitrogens with two attached hydrogens (primary N) is 1. The highest BCUT2D eigenvalue weighted by Crippen LogP contribution is 2.35. The molecule has 1 aliphatic rings. The van der Waals surface area contributed by atoms with E-state index in [-0.39, 0.29) is 11.9 Å². The Hall–Kier alpha value is -1.82. The molecule has 2 aromatic rings. The number of thiophene rings is 1. The second kappa shape index (κ2) is 4.45. The van der Waals surface area contributed by atoms with E-state index in [0.717, 1.165) is 19.4 Å². The molecule has 0 spiro atoms. The number of likely N-dealkylation sites (tertiary alicyclic amines) is 1. The number of nitrogens with one attached hydrogen (secondary N) is 1. The van der Waals surface area contributed by atoms with Crippen LogP contribution in [0.5, 0.6) is 0 Å². The molecule has 1 saturated heterocycles. The molecule has 3 N–H and O–H groups in total. The van der Waals surface area contributed by atoms with E-state index >= 15 is 0 Å². The molecule has 1 fully saturated rings. The highest BCUT2D eigenvalue weighted by atomic mass is 32.1. The van der Waals surface area contributed by atoms with Gasteiger partial charge in [0.15, 0.2) is 0 Å². The van der Waals surface area contributed by atoms with Gasteiger partial charge < -0.3 is 10.6 Å². The normalized spacial score (nSPS) is 19.3. The average molecular weight is 262 g/mol. The Morgan fingerprint density at radius 3 is 3.17 bits per heavy atom. The highest BCUT2D eigenvalue weighted by molar-refractivity contribution is 7.10. The van der Waals surface area contributed by atoms with Crippen molar-refractivity contribution in [1.29, 1.82) is 0 Å². The molecule has 3 heterocycles. The predicted molar refractivity (Wildman–Crippen MR) is 70.3 cm³/mol. The lowest BCUT2D eigenvalue weighted by Crippen LogP contribution is -2.31. The zero-order valence-electron chi connectivity index (χ0n) is 9.80.